The van der Waals surface area contributed by atoms with Crippen LogP contribution in [0.2, 0.25) is 5.02 Å². The van der Waals surface area contributed by atoms with E-state index >= 15 is 0 Å². The maximum atomic E-state index is 11.8. The molecule has 0 saturated heterocycles. The van der Waals surface area contributed by atoms with Crippen molar-refractivity contribution in [3.05, 3.63) is 59.1 Å². The predicted octanol–water partition coefficient (Wildman–Crippen LogP) is 3.47. The number of carbonyl (C=O) groups excluding carboxylic acids is 1. The molecule has 2 aromatic carbocycles. The highest BCUT2D eigenvalue weighted by atomic mass is 35.5. The molecule has 0 aliphatic carbocycles. The summed E-state index contributed by atoms with van der Waals surface area (Å²) in [5.41, 5.74) is 1.77. The summed E-state index contributed by atoms with van der Waals surface area (Å²) in [6, 6.07) is 15.0. The molecule has 1 amide bonds. The lowest BCUT2D eigenvalue weighted by Gasteiger charge is -2.09. The van der Waals surface area contributed by atoms with Crippen LogP contribution in [-0.4, -0.2) is 19.1 Å². The second-order valence-corrected chi connectivity index (χ2v) is 5.09. The highest BCUT2D eigenvalue weighted by Crippen LogP contribution is 2.16. The molecule has 0 bridgehead atoms. The molecule has 0 radical (unpaired) electrons. The topological polar surface area (TPSA) is 50.4 Å². The van der Waals surface area contributed by atoms with E-state index in [0.717, 1.165) is 17.0 Å². The predicted molar refractivity (Wildman–Crippen MR) is 89.4 cm³/mol. The maximum absolute atomic E-state index is 11.8. The van der Waals surface area contributed by atoms with Gasteiger partial charge in [-0.1, -0.05) is 29.8 Å². The van der Waals surface area contributed by atoms with Gasteiger partial charge >= 0.3 is 0 Å². The number of ether oxygens (including phenoxy) is 1. The van der Waals surface area contributed by atoms with Gasteiger partial charge in [0.15, 0.2) is 0 Å². The molecule has 0 aliphatic heterocycles. The lowest BCUT2D eigenvalue weighted by molar-refractivity contribution is -0.119. The molecular weight excluding hydrogens is 300 g/mol. The maximum Gasteiger partial charge on any atom is 0.239 e. The first-order valence-corrected chi connectivity index (χ1v) is 7.53. The van der Waals surface area contributed by atoms with Crippen LogP contribution in [0.1, 0.15) is 12.5 Å². The Bertz CT molecular complexity index is 614. The second-order valence-electron chi connectivity index (χ2n) is 4.68. The molecule has 116 valence electrons. The Morgan fingerprint density at radius 2 is 1.86 bits per heavy atom. The highest BCUT2D eigenvalue weighted by Gasteiger charge is 2.03. The van der Waals surface area contributed by atoms with Gasteiger partial charge in [-0.25, -0.2) is 0 Å². The third-order valence-corrected chi connectivity index (χ3v) is 3.42. The molecule has 2 N–H and O–H groups in total. The average Bonchev–Trinajstić information content (AvgIpc) is 2.54. The molecule has 0 atom stereocenters. The average molecular weight is 319 g/mol. The summed E-state index contributed by atoms with van der Waals surface area (Å²) >= 11 is 6.04. The van der Waals surface area contributed by atoms with Crippen LogP contribution in [0.3, 0.4) is 0 Å². The zero-order valence-corrected chi connectivity index (χ0v) is 13.2. The van der Waals surface area contributed by atoms with Crippen molar-refractivity contribution in [2.45, 2.75) is 13.5 Å². The number of benzene rings is 2. The van der Waals surface area contributed by atoms with E-state index in [-0.39, 0.29) is 12.5 Å². The SMILES string of the molecule is CCOc1ccc(NCC(=O)NCc2ccccc2Cl)cc1. The third-order valence-electron chi connectivity index (χ3n) is 3.05. The van der Waals surface area contributed by atoms with Crippen LogP contribution in [0.25, 0.3) is 0 Å². The summed E-state index contributed by atoms with van der Waals surface area (Å²) in [4.78, 5) is 11.8. The molecule has 0 heterocycles. The van der Waals surface area contributed by atoms with Gasteiger partial charge in [0.25, 0.3) is 0 Å². The Kier molecular flexibility index (Phi) is 6.10. The van der Waals surface area contributed by atoms with Gasteiger partial charge in [0.2, 0.25) is 5.91 Å². The molecule has 0 aliphatic rings. The minimum atomic E-state index is -0.0891. The van der Waals surface area contributed by atoms with Crippen LogP contribution in [-0.2, 0) is 11.3 Å². The normalized spacial score (nSPS) is 10.1. The van der Waals surface area contributed by atoms with E-state index in [1.165, 1.54) is 0 Å². The Morgan fingerprint density at radius 3 is 2.55 bits per heavy atom. The van der Waals surface area contributed by atoms with Crippen molar-refractivity contribution in [3.63, 3.8) is 0 Å². The van der Waals surface area contributed by atoms with Crippen molar-refractivity contribution in [1.82, 2.24) is 5.32 Å². The van der Waals surface area contributed by atoms with E-state index < -0.39 is 0 Å². The number of nitrogens with one attached hydrogen (secondary N) is 2. The summed E-state index contributed by atoms with van der Waals surface area (Å²) in [5, 5.41) is 6.55. The van der Waals surface area contributed by atoms with Crippen molar-refractivity contribution in [1.29, 1.82) is 0 Å². The molecular formula is C17H19ClN2O2. The lowest BCUT2D eigenvalue weighted by Crippen LogP contribution is -2.29. The van der Waals surface area contributed by atoms with Gasteiger partial charge < -0.3 is 15.4 Å². The van der Waals surface area contributed by atoms with Gasteiger partial charge in [-0.2, -0.15) is 0 Å². The van der Waals surface area contributed by atoms with Crippen molar-refractivity contribution in [2.75, 3.05) is 18.5 Å². The summed E-state index contributed by atoms with van der Waals surface area (Å²) in [6.45, 7) is 3.20. The fourth-order valence-electron chi connectivity index (χ4n) is 1.92. The van der Waals surface area contributed by atoms with E-state index in [2.05, 4.69) is 10.6 Å². The van der Waals surface area contributed by atoms with Crippen molar-refractivity contribution in [3.8, 4) is 5.75 Å². The van der Waals surface area contributed by atoms with Crippen LogP contribution < -0.4 is 15.4 Å². The van der Waals surface area contributed by atoms with Gasteiger partial charge in [0.1, 0.15) is 5.75 Å². The molecule has 0 saturated carbocycles. The Balaban J connectivity index is 1.76. The molecule has 5 heteroatoms. The Labute approximate surface area is 135 Å². The fraction of sp³-hybridized carbons (Fsp3) is 0.235. The number of amides is 1. The lowest BCUT2D eigenvalue weighted by atomic mass is 10.2. The molecule has 2 aromatic rings. The largest absolute Gasteiger partial charge is 0.494 e. The summed E-state index contributed by atoms with van der Waals surface area (Å²) in [6.07, 6.45) is 0. The van der Waals surface area contributed by atoms with Gasteiger partial charge in [0, 0.05) is 17.3 Å². The van der Waals surface area contributed by atoms with E-state index in [1.807, 2.05) is 49.4 Å². The monoisotopic (exact) mass is 318 g/mol. The fourth-order valence-corrected chi connectivity index (χ4v) is 2.12. The molecule has 0 unspecified atom stereocenters. The first kappa shape index (κ1) is 16.2. The van der Waals surface area contributed by atoms with E-state index in [0.29, 0.717) is 18.2 Å². The highest BCUT2D eigenvalue weighted by molar-refractivity contribution is 6.31. The first-order chi connectivity index (χ1) is 10.7. The quantitative estimate of drug-likeness (QED) is 0.822. The van der Waals surface area contributed by atoms with Crippen LogP contribution in [0.4, 0.5) is 5.69 Å². The minimum absolute atomic E-state index is 0.0891. The summed E-state index contributed by atoms with van der Waals surface area (Å²) < 4.78 is 5.37. The standard InChI is InChI=1S/C17H19ClN2O2/c1-2-22-15-9-7-14(8-10-15)19-12-17(21)20-11-13-5-3-4-6-16(13)18/h3-10,19H,2,11-12H2,1H3,(H,20,21). The summed E-state index contributed by atoms with van der Waals surface area (Å²) in [7, 11) is 0. The zero-order valence-electron chi connectivity index (χ0n) is 12.4. The zero-order chi connectivity index (χ0) is 15.8. The van der Waals surface area contributed by atoms with E-state index in [9.17, 15) is 4.79 Å². The number of hydrogen-bond donors (Lipinski definition) is 2. The molecule has 0 fully saturated rings. The first-order valence-electron chi connectivity index (χ1n) is 7.16. The molecule has 2 rings (SSSR count). The van der Waals surface area contributed by atoms with Crippen LogP contribution >= 0.6 is 11.6 Å². The van der Waals surface area contributed by atoms with Crippen molar-refractivity contribution in [2.24, 2.45) is 0 Å². The van der Waals surface area contributed by atoms with E-state index in [1.54, 1.807) is 6.07 Å². The molecule has 0 aromatic heterocycles. The third kappa shape index (κ3) is 4.97. The number of carbonyl (C=O) groups is 1. The Morgan fingerprint density at radius 1 is 1.14 bits per heavy atom. The molecule has 0 spiro atoms. The number of rotatable bonds is 7. The van der Waals surface area contributed by atoms with Crippen molar-refractivity contribution < 1.29 is 9.53 Å². The molecule has 22 heavy (non-hydrogen) atoms. The second kappa shape index (κ2) is 8.29. The van der Waals surface area contributed by atoms with Crippen LogP contribution in [0, 0.1) is 0 Å². The van der Waals surface area contributed by atoms with Gasteiger partial charge in [-0.3, -0.25) is 4.79 Å². The van der Waals surface area contributed by atoms with Crippen LogP contribution in [0.15, 0.2) is 48.5 Å². The van der Waals surface area contributed by atoms with Crippen molar-refractivity contribution >= 4 is 23.2 Å². The Hall–Kier alpha value is -2.20. The van der Waals surface area contributed by atoms with Crippen LogP contribution in [0.5, 0.6) is 5.75 Å². The minimum Gasteiger partial charge on any atom is -0.494 e. The van der Waals surface area contributed by atoms with Gasteiger partial charge in [0.05, 0.1) is 13.2 Å². The smallest absolute Gasteiger partial charge is 0.239 e. The van der Waals surface area contributed by atoms with Gasteiger partial charge in [-0.05, 0) is 42.8 Å². The number of hydrogen-bond acceptors (Lipinski definition) is 3. The number of anilines is 1. The van der Waals surface area contributed by atoms with E-state index in [4.69, 9.17) is 16.3 Å². The molecule has 4 nitrogen and oxygen atoms in total. The summed E-state index contributed by atoms with van der Waals surface area (Å²) in [5.74, 6) is 0.727. The van der Waals surface area contributed by atoms with Gasteiger partial charge in [-0.15, -0.1) is 0 Å². The number of halogens is 1.